The summed E-state index contributed by atoms with van der Waals surface area (Å²) in [6.45, 7) is 0.142. The van der Waals surface area contributed by atoms with E-state index in [1.807, 2.05) is 12.1 Å². The first-order valence-corrected chi connectivity index (χ1v) is 7.08. The first kappa shape index (κ1) is 16.5. The molecule has 23 heavy (non-hydrogen) atoms. The third-order valence-corrected chi connectivity index (χ3v) is 3.53. The quantitative estimate of drug-likeness (QED) is 0.606. The largest absolute Gasteiger partial charge is 0.370 e. The summed E-state index contributed by atoms with van der Waals surface area (Å²) in [6, 6.07) is 6.06. The Hall–Kier alpha value is -2.90. The van der Waals surface area contributed by atoms with E-state index < -0.39 is 23.8 Å². The van der Waals surface area contributed by atoms with Crippen LogP contribution in [0.1, 0.15) is 22.3 Å². The molecule has 0 unspecified atom stereocenters. The number of carbonyl (C=O) groups excluding carboxylic acids is 4. The molecule has 1 heterocycles. The Balaban J connectivity index is 1.98. The van der Waals surface area contributed by atoms with Crippen LogP contribution in [0.3, 0.4) is 0 Å². The van der Waals surface area contributed by atoms with Crippen molar-refractivity contribution in [1.29, 1.82) is 0 Å². The van der Waals surface area contributed by atoms with E-state index in [4.69, 9.17) is 5.73 Å². The molecule has 1 atom stereocenters. The number of amides is 4. The van der Waals surface area contributed by atoms with Crippen molar-refractivity contribution in [2.45, 2.75) is 19.0 Å². The number of benzene rings is 1. The molecule has 0 aromatic heterocycles. The van der Waals surface area contributed by atoms with Gasteiger partial charge in [-0.25, -0.2) is 0 Å². The van der Waals surface area contributed by atoms with Crippen molar-refractivity contribution in [3.63, 3.8) is 0 Å². The van der Waals surface area contributed by atoms with Crippen LogP contribution in [-0.2, 0) is 20.9 Å². The molecule has 122 valence electrons. The molecule has 1 aliphatic heterocycles. The lowest BCUT2D eigenvalue weighted by molar-refractivity contribution is -0.131. The van der Waals surface area contributed by atoms with E-state index in [0.717, 1.165) is 5.56 Å². The van der Waals surface area contributed by atoms with Gasteiger partial charge in [-0.05, 0) is 11.6 Å². The lowest BCUT2D eigenvalue weighted by Crippen LogP contribution is -2.50. The van der Waals surface area contributed by atoms with E-state index >= 15 is 0 Å². The van der Waals surface area contributed by atoms with Gasteiger partial charge in [0.2, 0.25) is 17.7 Å². The Morgan fingerprint density at radius 3 is 2.61 bits per heavy atom. The molecule has 0 radical (unpaired) electrons. The van der Waals surface area contributed by atoms with Crippen LogP contribution in [0, 0.1) is 0 Å². The molecule has 0 aliphatic carbocycles. The number of hydrogen-bond donors (Lipinski definition) is 3. The molecule has 8 nitrogen and oxygen atoms in total. The van der Waals surface area contributed by atoms with Gasteiger partial charge >= 0.3 is 0 Å². The van der Waals surface area contributed by atoms with Gasteiger partial charge in [-0.2, -0.15) is 0 Å². The highest BCUT2D eigenvalue weighted by molar-refractivity contribution is 6.00. The fraction of sp³-hybridized carbons (Fsp3) is 0.333. The van der Waals surface area contributed by atoms with Crippen molar-refractivity contribution >= 4 is 23.6 Å². The molecule has 0 saturated carbocycles. The molecule has 1 aromatic carbocycles. The number of likely N-dealkylation sites (N-methyl/N-ethyl adjacent to an activating group) is 1. The van der Waals surface area contributed by atoms with E-state index in [-0.39, 0.29) is 18.9 Å². The highest BCUT2D eigenvalue weighted by atomic mass is 16.2. The molecule has 4 N–H and O–H groups in total. The fourth-order valence-corrected chi connectivity index (χ4v) is 2.44. The average molecular weight is 318 g/mol. The van der Waals surface area contributed by atoms with Crippen LogP contribution in [-0.4, -0.2) is 48.2 Å². The van der Waals surface area contributed by atoms with Crippen molar-refractivity contribution in [1.82, 2.24) is 15.5 Å². The zero-order valence-corrected chi connectivity index (χ0v) is 12.7. The van der Waals surface area contributed by atoms with Crippen LogP contribution in [0.5, 0.6) is 0 Å². The predicted octanol–water partition coefficient (Wildman–Crippen LogP) is -1.25. The SMILES string of the molecule is CNC(=O)[C@H](CC(N)=O)NC(=O)CN1Cc2ccccc2C1=O. The summed E-state index contributed by atoms with van der Waals surface area (Å²) in [4.78, 5) is 48.3. The lowest BCUT2D eigenvalue weighted by Gasteiger charge is -2.19. The van der Waals surface area contributed by atoms with Gasteiger partial charge in [-0.3, -0.25) is 19.2 Å². The van der Waals surface area contributed by atoms with Crippen LogP contribution in [0.4, 0.5) is 0 Å². The Morgan fingerprint density at radius 1 is 1.30 bits per heavy atom. The third kappa shape index (κ3) is 3.85. The molecule has 0 saturated heterocycles. The van der Waals surface area contributed by atoms with Crippen LogP contribution in [0.2, 0.25) is 0 Å². The highest BCUT2D eigenvalue weighted by Gasteiger charge is 2.29. The van der Waals surface area contributed by atoms with Gasteiger partial charge in [0.05, 0.1) is 6.42 Å². The van der Waals surface area contributed by atoms with Gasteiger partial charge in [0.1, 0.15) is 12.6 Å². The minimum absolute atomic E-state index is 0.195. The smallest absolute Gasteiger partial charge is 0.254 e. The minimum Gasteiger partial charge on any atom is -0.370 e. The maximum Gasteiger partial charge on any atom is 0.254 e. The highest BCUT2D eigenvalue weighted by Crippen LogP contribution is 2.21. The van der Waals surface area contributed by atoms with Crippen LogP contribution >= 0.6 is 0 Å². The van der Waals surface area contributed by atoms with Crippen molar-refractivity contribution < 1.29 is 19.2 Å². The first-order valence-electron chi connectivity index (χ1n) is 7.08. The predicted molar refractivity (Wildman–Crippen MR) is 81.0 cm³/mol. The maximum absolute atomic E-state index is 12.2. The average Bonchev–Trinajstić information content (AvgIpc) is 2.82. The maximum atomic E-state index is 12.2. The number of nitrogens with two attached hydrogens (primary N) is 1. The van der Waals surface area contributed by atoms with Gasteiger partial charge in [-0.15, -0.1) is 0 Å². The normalized spacial score (nSPS) is 14.1. The first-order chi connectivity index (χ1) is 10.9. The number of primary amides is 1. The zero-order valence-electron chi connectivity index (χ0n) is 12.7. The molecule has 0 bridgehead atoms. The summed E-state index contributed by atoms with van der Waals surface area (Å²) in [5, 5.41) is 4.78. The molecule has 1 aromatic rings. The van der Waals surface area contributed by atoms with Crippen LogP contribution in [0.25, 0.3) is 0 Å². The zero-order chi connectivity index (χ0) is 17.0. The number of hydrogen-bond acceptors (Lipinski definition) is 4. The van der Waals surface area contributed by atoms with E-state index in [9.17, 15) is 19.2 Å². The fourth-order valence-electron chi connectivity index (χ4n) is 2.44. The van der Waals surface area contributed by atoms with Gasteiger partial charge in [0.25, 0.3) is 5.91 Å². The van der Waals surface area contributed by atoms with Gasteiger partial charge in [0, 0.05) is 19.2 Å². The van der Waals surface area contributed by atoms with Crippen LogP contribution in [0.15, 0.2) is 24.3 Å². The van der Waals surface area contributed by atoms with E-state index in [1.165, 1.54) is 11.9 Å². The Labute approximate surface area is 133 Å². The monoisotopic (exact) mass is 318 g/mol. The van der Waals surface area contributed by atoms with Crippen molar-refractivity contribution in [2.75, 3.05) is 13.6 Å². The third-order valence-electron chi connectivity index (χ3n) is 3.53. The number of nitrogens with one attached hydrogen (secondary N) is 2. The van der Waals surface area contributed by atoms with E-state index in [2.05, 4.69) is 10.6 Å². The summed E-state index contributed by atoms with van der Waals surface area (Å²) >= 11 is 0. The second kappa shape index (κ2) is 6.91. The Bertz CT molecular complexity index is 659. The number of nitrogens with zero attached hydrogens (tertiary/aromatic N) is 1. The van der Waals surface area contributed by atoms with Gasteiger partial charge in [0.15, 0.2) is 0 Å². The van der Waals surface area contributed by atoms with E-state index in [1.54, 1.807) is 12.1 Å². The molecular formula is C15H18N4O4. The Morgan fingerprint density at radius 2 is 2.00 bits per heavy atom. The van der Waals surface area contributed by atoms with Crippen molar-refractivity contribution in [2.24, 2.45) is 5.73 Å². The second-order valence-corrected chi connectivity index (χ2v) is 5.22. The second-order valence-electron chi connectivity index (χ2n) is 5.22. The summed E-state index contributed by atoms with van der Waals surface area (Å²) < 4.78 is 0. The summed E-state index contributed by atoms with van der Waals surface area (Å²) in [5.74, 6) is -1.99. The number of carbonyl (C=O) groups is 4. The summed E-state index contributed by atoms with van der Waals surface area (Å²) in [7, 11) is 1.39. The standard InChI is InChI=1S/C15H18N4O4/c1-17-14(22)11(6-12(16)20)18-13(21)8-19-7-9-4-2-3-5-10(9)15(19)23/h2-5,11H,6-8H2,1H3,(H2,16,20)(H,17,22)(H,18,21)/t11-/m0/s1. The molecule has 2 rings (SSSR count). The molecular weight excluding hydrogens is 300 g/mol. The van der Waals surface area contributed by atoms with Crippen molar-refractivity contribution in [3.8, 4) is 0 Å². The van der Waals surface area contributed by atoms with Crippen molar-refractivity contribution in [3.05, 3.63) is 35.4 Å². The van der Waals surface area contributed by atoms with Crippen LogP contribution < -0.4 is 16.4 Å². The summed E-state index contributed by atoms with van der Waals surface area (Å²) in [5.41, 5.74) is 6.49. The number of fused-ring (bicyclic) bond motifs is 1. The van der Waals surface area contributed by atoms with Gasteiger partial charge in [-0.1, -0.05) is 18.2 Å². The molecule has 4 amide bonds. The minimum atomic E-state index is -1.05. The lowest BCUT2D eigenvalue weighted by atomic mass is 10.1. The molecule has 0 spiro atoms. The molecule has 0 fully saturated rings. The Kier molecular flexibility index (Phi) is 4.95. The molecule has 8 heteroatoms. The molecule has 1 aliphatic rings. The summed E-state index contributed by atoms with van der Waals surface area (Å²) in [6.07, 6.45) is -0.306. The number of rotatable bonds is 6. The topological polar surface area (TPSA) is 122 Å². The van der Waals surface area contributed by atoms with Gasteiger partial charge < -0.3 is 21.3 Å². The van der Waals surface area contributed by atoms with E-state index in [0.29, 0.717) is 12.1 Å².